The highest BCUT2D eigenvalue weighted by Gasteiger charge is 2.17. The van der Waals surface area contributed by atoms with Gasteiger partial charge in [-0.25, -0.2) is 0 Å². The first-order chi connectivity index (χ1) is 7.59. The van der Waals surface area contributed by atoms with Gasteiger partial charge in [0.25, 0.3) is 0 Å². The highest BCUT2D eigenvalue weighted by atomic mass is 127. The van der Waals surface area contributed by atoms with Crippen molar-refractivity contribution in [1.29, 1.82) is 0 Å². The van der Waals surface area contributed by atoms with Gasteiger partial charge >= 0.3 is 0 Å². The van der Waals surface area contributed by atoms with Gasteiger partial charge in [0.1, 0.15) is 6.10 Å². The van der Waals surface area contributed by atoms with Crippen LogP contribution >= 0.6 is 65.8 Å². The van der Waals surface area contributed by atoms with E-state index in [1.807, 2.05) is 29.0 Å². The Morgan fingerprint density at radius 3 is 2.50 bits per heavy atom. The first-order valence-corrected chi connectivity index (χ1v) is 8.05. The molecule has 0 spiro atoms. The van der Waals surface area contributed by atoms with E-state index >= 15 is 0 Å². The fraction of sp³-hybridized carbons (Fsp3) is 0.0909. The molecule has 84 valence electrons. The van der Waals surface area contributed by atoms with Crippen LogP contribution in [0.2, 0.25) is 0 Å². The molecular weight excluding hydrogens is 467 g/mol. The van der Waals surface area contributed by atoms with Crippen LogP contribution in [0.5, 0.6) is 0 Å². The molecule has 0 fully saturated rings. The molecule has 1 nitrogen and oxygen atoms in total. The maximum atomic E-state index is 10.3. The molecule has 1 atom stereocenters. The van der Waals surface area contributed by atoms with Crippen LogP contribution in [0.15, 0.2) is 37.9 Å². The molecule has 0 aliphatic rings. The van der Waals surface area contributed by atoms with E-state index < -0.39 is 6.10 Å². The van der Waals surface area contributed by atoms with Crippen LogP contribution in [0.1, 0.15) is 17.2 Å². The number of aliphatic hydroxyl groups excluding tert-OH is 1. The largest absolute Gasteiger partial charge is 0.384 e. The number of benzene rings is 1. The fourth-order valence-corrected chi connectivity index (χ4v) is 3.89. The molecule has 1 heterocycles. The second-order valence-corrected chi connectivity index (χ2v) is 6.94. The number of thiophene rings is 1. The Labute approximate surface area is 128 Å². The molecule has 16 heavy (non-hydrogen) atoms. The first-order valence-electron chi connectivity index (χ1n) is 4.44. The summed E-state index contributed by atoms with van der Waals surface area (Å²) in [6.07, 6.45) is -0.593. The zero-order valence-corrected chi connectivity index (χ0v) is 14.1. The Kier molecular flexibility index (Phi) is 4.45. The van der Waals surface area contributed by atoms with Gasteiger partial charge in [-0.15, -0.1) is 0 Å². The van der Waals surface area contributed by atoms with Gasteiger partial charge in [0, 0.05) is 29.0 Å². The van der Waals surface area contributed by atoms with E-state index in [2.05, 4.69) is 54.5 Å². The number of hydrogen-bond donors (Lipinski definition) is 1. The fourth-order valence-electron chi connectivity index (χ4n) is 1.38. The van der Waals surface area contributed by atoms with Gasteiger partial charge in [0.05, 0.1) is 0 Å². The van der Waals surface area contributed by atoms with Gasteiger partial charge in [0.15, 0.2) is 0 Å². The molecule has 0 saturated carbocycles. The molecule has 0 aliphatic carbocycles. The monoisotopic (exact) mass is 472 g/mol. The van der Waals surface area contributed by atoms with Crippen molar-refractivity contribution in [2.75, 3.05) is 0 Å². The van der Waals surface area contributed by atoms with Crippen molar-refractivity contribution in [3.8, 4) is 0 Å². The summed E-state index contributed by atoms with van der Waals surface area (Å²) in [5, 5.41) is 14.2. The van der Waals surface area contributed by atoms with Crippen molar-refractivity contribution in [3.05, 3.63) is 52.6 Å². The van der Waals surface area contributed by atoms with Crippen LogP contribution in [-0.4, -0.2) is 5.11 Å². The van der Waals surface area contributed by atoms with E-state index in [1.165, 1.54) is 0 Å². The lowest BCUT2D eigenvalue weighted by molar-refractivity contribution is 0.219. The van der Waals surface area contributed by atoms with Crippen molar-refractivity contribution >= 4 is 65.8 Å². The van der Waals surface area contributed by atoms with Crippen molar-refractivity contribution in [3.63, 3.8) is 0 Å². The lowest BCUT2D eigenvalue weighted by atomic mass is 10.0. The summed E-state index contributed by atoms with van der Waals surface area (Å²) in [6.45, 7) is 0. The van der Waals surface area contributed by atoms with Gasteiger partial charge in [-0.1, -0.05) is 15.9 Å². The summed E-state index contributed by atoms with van der Waals surface area (Å²) in [6, 6.07) is 5.95. The number of rotatable bonds is 2. The second kappa shape index (κ2) is 5.48. The minimum Gasteiger partial charge on any atom is -0.384 e. The highest BCUT2D eigenvalue weighted by Crippen LogP contribution is 2.35. The predicted octanol–water partition coefficient (Wildman–Crippen LogP) is 4.96. The summed E-state index contributed by atoms with van der Waals surface area (Å²) in [4.78, 5) is 0. The van der Waals surface area contributed by atoms with Crippen LogP contribution in [0, 0.1) is 3.57 Å². The molecule has 1 aromatic heterocycles. The zero-order chi connectivity index (χ0) is 11.7. The number of hydrogen-bond acceptors (Lipinski definition) is 2. The smallest absolute Gasteiger partial charge is 0.107 e. The van der Waals surface area contributed by atoms with Crippen molar-refractivity contribution < 1.29 is 5.11 Å². The number of halogens is 3. The molecular formula is C11H7Br2IOS. The molecule has 1 unspecified atom stereocenters. The molecule has 2 aromatic rings. The minimum absolute atomic E-state index is 0.593. The van der Waals surface area contributed by atoms with Gasteiger partial charge < -0.3 is 5.11 Å². The average Bonchev–Trinajstić information content (AvgIpc) is 2.67. The summed E-state index contributed by atoms with van der Waals surface area (Å²) in [5.74, 6) is 0. The van der Waals surface area contributed by atoms with E-state index in [1.54, 1.807) is 11.3 Å². The molecule has 5 heteroatoms. The summed E-state index contributed by atoms with van der Waals surface area (Å²) < 4.78 is 3.00. The summed E-state index contributed by atoms with van der Waals surface area (Å²) in [7, 11) is 0. The van der Waals surface area contributed by atoms with E-state index in [0.29, 0.717) is 0 Å². The lowest BCUT2D eigenvalue weighted by Gasteiger charge is -2.12. The number of aliphatic hydroxyl groups is 1. The third-order valence-electron chi connectivity index (χ3n) is 2.19. The third kappa shape index (κ3) is 2.69. The SMILES string of the molecule is OC(c1cscc1Br)c1cc(I)ccc1Br. The van der Waals surface area contributed by atoms with Gasteiger partial charge in [-0.05, 0) is 62.1 Å². The second-order valence-electron chi connectivity index (χ2n) is 3.24. The summed E-state index contributed by atoms with van der Waals surface area (Å²) in [5.41, 5.74) is 1.80. The highest BCUT2D eigenvalue weighted by molar-refractivity contribution is 14.1. The molecule has 0 aliphatic heterocycles. The average molecular weight is 474 g/mol. The first kappa shape index (κ1) is 13.0. The van der Waals surface area contributed by atoms with E-state index in [0.717, 1.165) is 23.6 Å². The van der Waals surface area contributed by atoms with E-state index in [9.17, 15) is 5.11 Å². The van der Waals surface area contributed by atoms with Crippen LogP contribution in [0.3, 0.4) is 0 Å². The van der Waals surface area contributed by atoms with E-state index in [-0.39, 0.29) is 0 Å². The van der Waals surface area contributed by atoms with E-state index in [4.69, 9.17) is 0 Å². The molecule has 0 amide bonds. The minimum atomic E-state index is -0.593. The maximum Gasteiger partial charge on any atom is 0.107 e. The Balaban J connectivity index is 2.45. The predicted molar refractivity (Wildman–Crippen MR) is 82.9 cm³/mol. The molecule has 0 radical (unpaired) electrons. The quantitative estimate of drug-likeness (QED) is 0.611. The topological polar surface area (TPSA) is 20.2 Å². The van der Waals surface area contributed by atoms with Gasteiger partial charge in [0.2, 0.25) is 0 Å². The molecule has 1 N–H and O–H groups in total. The van der Waals surface area contributed by atoms with Crippen LogP contribution in [-0.2, 0) is 0 Å². The Hall–Kier alpha value is 0.570. The van der Waals surface area contributed by atoms with Crippen LogP contribution in [0.25, 0.3) is 0 Å². The lowest BCUT2D eigenvalue weighted by Crippen LogP contribution is -2.00. The van der Waals surface area contributed by atoms with Crippen molar-refractivity contribution in [1.82, 2.24) is 0 Å². The van der Waals surface area contributed by atoms with Gasteiger partial charge in [-0.2, -0.15) is 11.3 Å². The molecule has 0 saturated heterocycles. The van der Waals surface area contributed by atoms with Crippen LogP contribution < -0.4 is 0 Å². The maximum absolute atomic E-state index is 10.3. The molecule has 2 rings (SSSR count). The van der Waals surface area contributed by atoms with Crippen molar-refractivity contribution in [2.24, 2.45) is 0 Å². The standard InChI is InChI=1S/C11H7Br2IOS/c12-9-2-1-6(14)3-7(9)11(15)8-4-16-5-10(8)13/h1-5,11,15H. The van der Waals surface area contributed by atoms with Gasteiger partial charge in [-0.3, -0.25) is 0 Å². The zero-order valence-electron chi connectivity index (χ0n) is 7.95. The van der Waals surface area contributed by atoms with Crippen LogP contribution in [0.4, 0.5) is 0 Å². The Morgan fingerprint density at radius 1 is 1.12 bits per heavy atom. The summed E-state index contributed by atoms with van der Waals surface area (Å²) >= 11 is 10.7. The molecule has 0 bridgehead atoms. The normalized spacial score (nSPS) is 12.8. The Bertz CT molecular complexity index is 512. The third-order valence-corrected chi connectivity index (χ3v) is 5.33. The van der Waals surface area contributed by atoms with Crippen molar-refractivity contribution in [2.45, 2.75) is 6.10 Å². The molecule has 1 aromatic carbocycles. The Morgan fingerprint density at radius 2 is 1.88 bits per heavy atom.